The summed E-state index contributed by atoms with van der Waals surface area (Å²) >= 11 is 7.79. The van der Waals surface area contributed by atoms with Gasteiger partial charge in [0.05, 0.1) is 11.1 Å². The molecule has 1 aromatic heterocycles. The lowest BCUT2D eigenvalue weighted by atomic mass is 10.0. The first-order chi connectivity index (χ1) is 14.0. The smallest absolute Gasteiger partial charge is 0.404 e. The van der Waals surface area contributed by atoms with Crippen molar-refractivity contribution in [3.05, 3.63) is 39.3 Å². The number of fused-ring (bicyclic) bond motifs is 1. The average molecular weight is 471 g/mol. The van der Waals surface area contributed by atoms with E-state index in [1.54, 1.807) is 12.3 Å². The van der Waals surface area contributed by atoms with Gasteiger partial charge in [0.25, 0.3) is 0 Å². The van der Waals surface area contributed by atoms with Crippen LogP contribution in [0.15, 0.2) is 23.7 Å². The molecule has 30 heavy (non-hydrogen) atoms. The number of hydrogen-bond acceptors (Lipinski definition) is 6. The van der Waals surface area contributed by atoms with Crippen LogP contribution in [-0.2, 0) is 10.8 Å². The van der Waals surface area contributed by atoms with Crippen molar-refractivity contribution < 1.29 is 23.8 Å². The second kappa shape index (κ2) is 8.74. The van der Waals surface area contributed by atoms with Gasteiger partial charge in [0.1, 0.15) is 11.1 Å². The molecule has 2 aromatic rings. The van der Waals surface area contributed by atoms with Crippen LogP contribution in [0.2, 0.25) is 23.2 Å². The highest BCUT2D eigenvalue weighted by Gasteiger charge is 2.42. The zero-order valence-corrected chi connectivity index (χ0v) is 20.3. The molecular formula is C20H27ClN2O5SSi. The van der Waals surface area contributed by atoms with Crippen LogP contribution < -0.4 is 14.8 Å². The van der Waals surface area contributed by atoms with Crippen LogP contribution in [0.25, 0.3) is 0 Å². The average Bonchev–Trinajstić information content (AvgIpc) is 3.29. The van der Waals surface area contributed by atoms with E-state index in [0.717, 1.165) is 10.6 Å². The molecule has 0 unspecified atom stereocenters. The summed E-state index contributed by atoms with van der Waals surface area (Å²) < 4.78 is 17.5. The lowest BCUT2D eigenvalue weighted by molar-refractivity contribution is 0.126. The largest absolute Gasteiger partial charge is 0.465 e. The lowest BCUT2D eigenvalue weighted by Crippen LogP contribution is -2.48. The maximum atomic E-state index is 11.6. The minimum Gasteiger partial charge on any atom is -0.465 e. The molecule has 1 aromatic carbocycles. The third-order valence-corrected chi connectivity index (χ3v) is 11.1. The van der Waals surface area contributed by atoms with Gasteiger partial charge in [-0.2, -0.15) is 0 Å². The number of nitrogens with one attached hydrogen (secondary N) is 1. The zero-order chi connectivity index (χ0) is 22.1. The number of ether oxygens (including phenoxy) is 2. The minimum atomic E-state index is -2.22. The van der Waals surface area contributed by atoms with Crippen LogP contribution in [0.4, 0.5) is 4.79 Å². The number of halogens is 1. The molecule has 10 heteroatoms. The Morgan fingerprint density at radius 3 is 2.73 bits per heavy atom. The predicted molar refractivity (Wildman–Crippen MR) is 119 cm³/mol. The van der Waals surface area contributed by atoms with Crippen LogP contribution in [0.3, 0.4) is 0 Å². The fourth-order valence-electron chi connectivity index (χ4n) is 2.96. The Morgan fingerprint density at radius 2 is 2.13 bits per heavy atom. The van der Waals surface area contributed by atoms with E-state index in [9.17, 15) is 9.90 Å². The molecule has 1 aliphatic rings. The number of nitrogens with zero attached hydrogens (tertiary/aromatic N) is 1. The Hall–Kier alpha value is -1.81. The minimum absolute atomic E-state index is 0.0433. The Bertz CT molecular complexity index is 901. The summed E-state index contributed by atoms with van der Waals surface area (Å²) in [7, 11) is -2.22. The quantitative estimate of drug-likeness (QED) is 0.521. The van der Waals surface area contributed by atoms with E-state index in [2.05, 4.69) is 44.2 Å². The molecule has 1 aliphatic heterocycles. The zero-order valence-electron chi connectivity index (χ0n) is 17.7. The van der Waals surface area contributed by atoms with Crippen molar-refractivity contribution in [3.63, 3.8) is 0 Å². The number of rotatable bonds is 7. The summed E-state index contributed by atoms with van der Waals surface area (Å²) in [5, 5.41) is 15.2. The van der Waals surface area contributed by atoms with E-state index in [1.165, 1.54) is 11.3 Å². The fraction of sp³-hybridized carbons (Fsp3) is 0.500. The number of carboxylic acid groups (broad SMARTS) is 1. The van der Waals surface area contributed by atoms with Gasteiger partial charge < -0.3 is 24.3 Å². The topological polar surface area (TPSA) is 89.9 Å². The maximum Gasteiger partial charge on any atom is 0.404 e. The molecule has 0 bridgehead atoms. The van der Waals surface area contributed by atoms with Gasteiger partial charge in [-0.05, 0) is 42.2 Å². The monoisotopic (exact) mass is 470 g/mol. The predicted octanol–water partition coefficient (Wildman–Crippen LogP) is 5.47. The van der Waals surface area contributed by atoms with E-state index in [-0.39, 0.29) is 11.8 Å². The standard InChI is InChI=1S/C20H27ClN2O5SSi/c1-20(2,3)30(4,5)28-17(18-22-6-7-29-18)14(23-19(24)25)9-12-8-13(21)16-15(10-12)26-11-27-16/h6-8,10,14,17,23H,9,11H2,1-5H3,(H,24,25)/t14-,17-/m0/s1. The van der Waals surface area contributed by atoms with Crippen LogP contribution in [0.1, 0.15) is 37.4 Å². The summed E-state index contributed by atoms with van der Waals surface area (Å²) in [5.74, 6) is 1.07. The van der Waals surface area contributed by atoms with Crippen LogP contribution in [0.5, 0.6) is 11.5 Å². The number of amides is 1. The molecule has 0 saturated heterocycles. The molecule has 2 N–H and O–H groups in total. The van der Waals surface area contributed by atoms with Gasteiger partial charge >= 0.3 is 6.09 Å². The second-order valence-corrected chi connectivity index (χ2v) is 14.8. The van der Waals surface area contributed by atoms with Gasteiger partial charge in [0, 0.05) is 11.6 Å². The number of benzene rings is 1. The molecule has 0 aliphatic carbocycles. The van der Waals surface area contributed by atoms with Gasteiger partial charge in [0.15, 0.2) is 19.8 Å². The Kier molecular flexibility index (Phi) is 6.66. The summed E-state index contributed by atoms with van der Waals surface area (Å²) in [6.07, 6.45) is 0.428. The lowest BCUT2D eigenvalue weighted by Gasteiger charge is -2.40. The summed E-state index contributed by atoms with van der Waals surface area (Å²) in [4.78, 5) is 16.1. The highest BCUT2D eigenvalue weighted by atomic mass is 35.5. The van der Waals surface area contributed by atoms with Crippen molar-refractivity contribution >= 4 is 37.3 Å². The number of aromatic nitrogens is 1. The van der Waals surface area contributed by atoms with E-state index in [1.807, 2.05) is 11.4 Å². The summed E-state index contributed by atoms with van der Waals surface area (Å²) in [6, 6.07) is 3.05. The Morgan fingerprint density at radius 1 is 1.40 bits per heavy atom. The SMILES string of the molecule is CC(C)(C)[Si](C)(C)O[C@H](c1nccs1)[C@H](Cc1cc(Cl)c2c(c1)OCO2)NC(=O)O. The van der Waals surface area contributed by atoms with Gasteiger partial charge in [-0.15, -0.1) is 11.3 Å². The number of thiazole rings is 1. The third kappa shape index (κ3) is 5.08. The number of carbonyl (C=O) groups is 1. The first-order valence-corrected chi connectivity index (χ1v) is 13.8. The van der Waals surface area contributed by atoms with E-state index in [4.69, 9.17) is 25.5 Å². The van der Waals surface area contributed by atoms with Crippen molar-refractivity contribution in [2.24, 2.45) is 0 Å². The highest BCUT2D eigenvalue weighted by Crippen LogP contribution is 2.43. The summed E-state index contributed by atoms with van der Waals surface area (Å²) in [5.41, 5.74) is 0.823. The van der Waals surface area contributed by atoms with Crippen molar-refractivity contribution in [2.45, 2.75) is 57.5 Å². The van der Waals surface area contributed by atoms with Crippen molar-refractivity contribution in [1.82, 2.24) is 10.3 Å². The first kappa shape index (κ1) is 22.9. The third-order valence-electron chi connectivity index (χ3n) is 5.54. The second-order valence-electron chi connectivity index (χ2n) is 8.74. The van der Waals surface area contributed by atoms with Crippen LogP contribution in [-0.4, -0.2) is 37.3 Å². The van der Waals surface area contributed by atoms with Gasteiger partial charge in [-0.3, -0.25) is 0 Å². The summed E-state index contributed by atoms with van der Waals surface area (Å²) in [6.45, 7) is 10.8. The highest BCUT2D eigenvalue weighted by molar-refractivity contribution is 7.09. The normalized spacial score (nSPS) is 15.7. The van der Waals surface area contributed by atoms with Gasteiger partial charge in [-0.1, -0.05) is 32.4 Å². The van der Waals surface area contributed by atoms with E-state index < -0.39 is 26.6 Å². The van der Waals surface area contributed by atoms with E-state index in [0.29, 0.717) is 22.9 Å². The Balaban J connectivity index is 1.96. The number of hydrogen-bond donors (Lipinski definition) is 2. The molecule has 7 nitrogen and oxygen atoms in total. The molecule has 1 amide bonds. The molecule has 2 atom stereocenters. The van der Waals surface area contributed by atoms with Gasteiger partial charge in [-0.25, -0.2) is 9.78 Å². The van der Waals surface area contributed by atoms with Crippen molar-refractivity contribution in [2.75, 3.05) is 6.79 Å². The molecule has 0 radical (unpaired) electrons. The Labute approximate surface area is 186 Å². The van der Waals surface area contributed by atoms with Crippen molar-refractivity contribution in [1.29, 1.82) is 0 Å². The van der Waals surface area contributed by atoms with Crippen molar-refractivity contribution in [3.8, 4) is 11.5 Å². The molecule has 164 valence electrons. The molecule has 2 heterocycles. The van der Waals surface area contributed by atoms with Crippen LogP contribution >= 0.6 is 22.9 Å². The van der Waals surface area contributed by atoms with Gasteiger partial charge in [0.2, 0.25) is 6.79 Å². The fourth-order valence-corrected chi connectivity index (χ4v) is 5.33. The molecule has 0 spiro atoms. The first-order valence-electron chi connectivity index (χ1n) is 9.62. The molecule has 0 fully saturated rings. The maximum absolute atomic E-state index is 11.6. The molecular weight excluding hydrogens is 444 g/mol. The van der Waals surface area contributed by atoms with E-state index >= 15 is 0 Å². The molecule has 0 saturated carbocycles. The molecule has 3 rings (SSSR count). The van der Waals surface area contributed by atoms with Crippen LogP contribution in [0, 0.1) is 0 Å².